The van der Waals surface area contributed by atoms with Crippen molar-refractivity contribution in [2.24, 2.45) is 0 Å². The zero-order valence-corrected chi connectivity index (χ0v) is 11.4. The molecule has 0 amide bonds. The van der Waals surface area contributed by atoms with Gasteiger partial charge in [-0.05, 0) is 28.8 Å². The second-order valence-corrected chi connectivity index (χ2v) is 4.84. The van der Waals surface area contributed by atoms with Crippen LogP contribution in [0.5, 0.6) is 0 Å². The largest absolute Gasteiger partial charge is 0.368 e. The Hall–Kier alpha value is -1.69. The fourth-order valence-corrected chi connectivity index (χ4v) is 2.21. The van der Waals surface area contributed by atoms with Gasteiger partial charge < -0.3 is 10.6 Å². The van der Waals surface area contributed by atoms with Gasteiger partial charge in [-0.25, -0.2) is 13.8 Å². The summed E-state index contributed by atoms with van der Waals surface area (Å²) in [4.78, 5) is 3.94. The van der Waals surface area contributed by atoms with Gasteiger partial charge >= 0.3 is 0 Å². The van der Waals surface area contributed by atoms with E-state index in [2.05, 4.69) is 15.6 Å². The highest BCUT2D eigenvalue weighted by Gasteiger charge is 2.11. The maximum Gasteiger partial charge on any atom is 0.168 e. The lowest BCUT2D eigenvalue weighted by molar-refractivity contribution is 0.577. The summed E-state index contributed by atoms with van der Waals surface area (Å²) in [7, 11) is 0. The Labute approximate surface area is 114 Å². The number of thiophene rings is 1. The van der Waals surface area contributed by atoms with E-state index in [1.165, 1.54) is 0 Å². The first-order valence-corrected chi connectivity index (χ1v) is 7.00. The molecular weight excluding hydrogens is 268 g/mol. The van der Waals surface area contributed by atoms with Gasteiger partial charge in [-0.2, -0.15) is 11.3 Å². The molecule has 102 valence electrons. The predicted molar refractivity (Wildman–Crippen MR) is 74.6 cm³/mol. The Kier molecular flexibility index (Phi) is 4.68. The Bertz CT molecular complexity index is 529. The summed E-state index contributed by atoms with van der Waals surface area (Å²) >= 11 is 1.57. The van der Waals surface area contributed by atoms with Crippen molar-refractivity contribution in [1.29, 1.82) is 0 Å². The van der Waals surface area contributed by atoms with Crippen LogP contribution in [-0.2, 0) is 6.54 Å². The zero-order chi connectivity index (χ0) is 13.7. The van der Waals surface area contributed by atoms with Crippen molar-refractivity contribution in [2.75, 3.05) is 17.2 Å². The van der Waals surface area contributed by atoms with Gasteiger partial charge in [0, 0.05) is 19.2 Å². The number of hydrogen-bond acceptors (Lipinski definition) is 4. The molecule has 2 N–H and O–H groups in total. The minimum absolute atomic E-state index is 0.0613. The van der Waals surface area contributed by atoms with Crippen molar-refractivity contribution < 1.29 is 8.78 Å². The first-order valence-electron chi connectivity index (χ1n) is 6.05. The molecule has 0 radical (unpaired) electrons. The number of nitrogens with one attached hydrogen (secondary N) is 2. The first-order chi connectivity index (χ1) is 9.20. The van der Waals surface area contributed by atoms with E-state index in [-0.39, 0.29) is 11.6 Å². The third-order valence-electron chi connectivity index (χ3n) is 2.51. The SMILES string of the molecule is CCCNc1nc(NCc2ccsc2)c(F)cc1F. The van der Waals surface area contributed by atoms with Crippen molar-refractivity contribution in [2.45, 2.75) is 19.9 Å². The van der Waals surface area contributed by atoms with E-state index < -0.39 is 11.6 Å². The summed E-state index contributed by atoms with van der Waals surface area (Å²) in [6.45, 7) is 3.02. The molecule has 0 aromatic carbocycles. The Morgan fingerprint density at radius 1 is 1.21 bits per heavy atom. The highest BCUT2D eigenvalue weighted by molar-refractivity contribution is 7.07. The molecular formula is C13H15F2N3S. The van der Waals surface area contributed by atoms with Gasteiger partial charge in [0.05, 0.1) is 0 Å². The van der Waals surface area contributed by atoms with Crippen LogP contribution in [0.1, 0.15) is 18.9 Å². The maximum atomic E-state index is 13.6. The van der Waals surface area contributed by atoms with Crippen LogP contribution in [0, 0.1) is 11.6 Å². The Balaban J connectivity index is 2.10. The minimum atomic E-state index is -0.685. The quantitative estimate of drug-likeness (QED) is 0.845. The molecule has 2 heterocycles. The van der Waals surface area contributed by atoms with E-state index in [0.29, 0.717) is 13.1 Å². The lowest BCUT2D eigenvalue weighted by Crippen LogP contribution is -2.09. The first kappa shape index (κ1) is 13.7. The molecule has 6 heteroatoms. The molecule has 19 heavy (non-hydrogen) atoms. The molecule has 0 aliphatic heterocycles. The zero-order valence-electron chi connectivity index (χ0n) is 10.5. The number of nitrogens with zero attached hydrogens (tertiary/aromatic N) is 1. The minimum Gasteiger partial charge on any atom is -0.368 e. The van der Waals surface area contributed by atoms with Gasteiger partial charge in [-0.1, -0.05) is 6.92 Å². The van der Waals surface area contributed by atoms with E-state index in [1.807, 2.05) is 23.8 Å². The summed E-state index contributed by atoms with van der Waals surface area (Å²) < 4.78 is 27.1. The van der Waals surface area contributed by atoms with Gasteiger partial charge in [-0.15, -0.1) is 0 Å². The van der Waals surface area contributed by atoms with Crippen LogP contribution in [0.25, 0.3) is 0 Å². The third-order valence-corrected chi connectivity index (χ3v) is 3.24. The summed E-state index contributed by atoms with van der Waals surface area (Å²) in [5, 5.41) is 9.61. The van der Waals surface area contributed by atoms with Crippen LogP contribution in [0.4, 0.5) is 20.4 Å². The Morgan fingerprint density at radius 3 is 2.58 bits per heavy atom. The Morgan fingerprint density at radius 2 is 1.95 bits per heavy atom. The summed E-state index contributed by atoms with van der Waals surface area (Å²) in [5.74, 6) is -1.22. The molecule has 0 saturated carbocycles. The van der Waals surface area contributed by atoms with Crippen LogP contribution in [0.2, 0.25) is 0 Å². The fourth-order valence-electron chi connectivity index (χ4n) is 1.54. The van der Waals surface area contributed by atoms with E-state index in [4.69, 9.17) is 0 Å². The van der Waals surface area contributed by atoms with Crippen molar-refractivity contribution >= 4 is 23.0 Å². The number of aromatic nitrogens is 1. The second kappa shape index (κ2) is 6.47. The summed E-state index contributed by atoms with van der Waals surface area (Å²) in [5.41, 5.74) is 1.04. The number of anilines is 2. The standard InChI is InChI=1S/C13H15F2N3S/c1-2-4-16-12-10(14)6-11(15)13(18-12)17-7-9-3-5-19-8-9/h3,5-6,8H,2,4,7H2,1H3,(H2,16,17,18). The topological polar surface area (TPSA) is 37.0 Å². The highest BCUT2D eigenvalue weighted by Crippen LogP contribution is 2.20. The molecule has 0 unspecified atom stereocenters. The van der Waals surface area contributed by atoms with Crippen LogP contribution in [-0.4, -0.2) is 11.5 Å². The average Bonchev–Trinajstić information content (AvgIpc) is 2.90. The van der Waals surface area contributed by atoms with Crippen LogP contribution in [0.3, 0.4) is 0 Å². The van der Waals surface area contributed by atoms with E-state index in [1.54, 1.807) is 11.3 Å². The lowest BCUT2D eigenvalue weighted by atomic mass is 10.3. The molecule has 3 nitrogen and oxygen atoms in total. The molecule has 2 aromatic heterocycles. The molecule has 0 fully saturated rings. The molecule has 2 aromatic rings. The maximum absolute atomic E-state index is 13.6. The molecule has 0 aliphatic rings. The average molecular weight is 283 g/mol. The van der Waals surface area contributed by atoms with Crippen LogP contribution >= 0.6 is 11.3 Å². The predicted octanol–water partition coefficient (Wildman–Crippen LogP) is 3.86. The lowest BCUT2D eigenvalue weighted by Gasteiger charge is -2.10. The molecule has 2 rings (SSSR count). The highest BCUT2D eigenvalue weighted by atomic mass is 32.1. The molecule has 0 spiro atoms. The van der Waals surface area contributed by atoms with E-state index in [0.717, 1.165) is 18.1 Å². The van der Waals surface area contributed by atoms with Crippen LogP contribution in [0.15, 0.2) is 22.9 Å². The molecule has 0 bridgehead atoms. The van der Waals surface area contributed by atoms with Gasteiger partial charge in [-0.3, -0.25) is 0 Å². The second-order valence-electron chi connectivity index (χ2n) is 4.06. The number of pyridine rings is 1. The third kappa shape index (κ3) is 3.64. The molecule has 0 atom stereocenters. The van der Waals surface area contributed by atoms with E-state index >= 15 is 0 Å². The van der Waals surface area contributed by atoms with Crippen molar-refractivity contribution in [3.05, 3.63) is 40.1 Å². The smallest absolute Gasteiger partial charge is 0.168 e. The van der Waals surface area contributed by atoms with E-state index in [9.17, 15) is 8.78 Å². The van der Waals surface area contributed by atoms with Gasteiger partial charge in [0.25, 0.3) is 0 Å². The van der Waals surface area contributed by atoms with Gasteiger partial charge in [0.1, 0.15) is 0 Å². The van der Waals surface area contributed by atoms with Gasteiger partial charge in [0.2, 0.25) is 0 Å². The van der Waals surface area contributed by atoms with Crippen LogP contribution < -0.4 is 10.6 Å². The number of halogens is 2. The van der Waals surface area contributed by atoms with Crippen molar-refractivity contribution in [3.8, 4) is 0 Å². The summed E-state index contributed by atoms with van der Waals surface area (Å²) in [6.07, 6.45) is 0.843. The monoisotopic (exact) mass is 283 g/mol. The normalized spacial score (nSPS) is 10.5. The summed E-state index contributed by atoms with van der Waals surface area (Å²) in [6, 6.07) is 2.79. The molecule has 0 aliphatic carbocycles. The molecule has 0 saturated heterocycles. The number of rotatable bonds is 6. The van der Waals surface area contributed by atoms with Gasteiger partial charge in [0.15, 0.2) is 23.3 Å². The van der Waals surface area contributed by atoms with Crippen molar-refractivity contribution in [3.63, 3.8) is 0 Å². The number of hydrogen-bond donors (Lipinski definition) is 2. The fraction of sp³-hybridized carbons (Fsp3) is 0.308. The van der Waals surface area contributed by atoms with Crippen molar-refractivity contribution in [1.82, 2.24) is 4.98 Å².